The molecule has 2 rings (SSSR count). The molecule has 18 heavy (non-hydrogen) atoms. The molecule has 1 aromatic heterocycles. The number of imidazole rings is 1. The van der Waals surface area contributed by atoms with Gasteiger partial charge in [0.25, 0.3) is 5.91 Å². The van der Waals surface area contributed by atoms with Crippen LogP contribution < -0.4 is 11.1 Å². The number of hydrogen-bond acceptors (Lipinski definition) is 3. The number of nitrogens with one attached hydrogen (secondary N) is 1. The number of hydrogen-bond donors (Lipinski definition) is 2. The molecule has 1 aliphatic rings. The minimum Gasteiger partial charge on any atom is -0.348 e. The van der Waals surface area contributed by atoms with Crippen molar-refractivity contribution >= 4 is 5.91 Å². The minimum absolute atomic E-state index is 0.0645. The molecule has 1 fully saturated rings. The Labute approximate surface area is 108 Å². The Bertz CT molecular complexity index is 393. The maximum atomic E-state index is 12.0. The van der Waals surface area contributed by atoms with Gasteiger partial charge in [0.2, 0.25) is 0 Å². The van der Waals surface area contributed by atoms with E-state index in [2.05, 4.69) is 17.2 Å². The highest BCUT2D eigenvalue weighted by Crippen LogP contribution is 2.23. The monoisotopic (exact) mass is 250 g/mol. The van der Waals surface area contributed by atoms with Gasteiger partial charge in [-0.3, -0.25) is 4.79 Å². The fourth-order valence-electron chi connectivity index (χ4n) is 2.41. The zero-order valence-corrected chi connectivity index (χ0v) is 10.9. The summed E-state index contributed by atoms with van der Waals surface area (Å²) >= 11 is 0. The average Bonchev–Trinajstić information content (AvgIpc) is 2.81. The van der Waals surface area contributed by atoms with Crippen LogP contribution in [0.15, 0.2) is 12.5 Å². The molecule has 1 saturated carbocycles. The molecule has 0 spiro atoms. The standard InChI is InChI=1S/C13H22N4O/c1-10-2-4-11(5-3-10)16-13(18)12-8-17(7-6-14)9-15-12/h8-11H,2-7,14H2,1H3,(H,16,18). The average molecular weight is 250 g/mol. The van der Waals surface area contributed by atoms with Crippen LogP contribution in [0, 0.1) is 5.92 Å². The maximum Gasteiger partial charge on any atom is 0.271 e. The summed E-state index contributed by atoms with van der Waals surface area (Å²) in [5, 5.41) is 3.07. The topological polar surface area (TPSA) is 72.9 Å². The molecule has 0 aromatic carbocycles. The summed E-state index contributed by atoms with van der Waals surface area (Å²) in [5.41, 5.74) is 5.95. The van der Waals surface area contributed by atoms with E-state index in [1.807, 2.05) is 4.57 Å². The summed E-state index contributed by atoms with van der Waals surface area (Å²) in [6.45, 7) is 3.52. The Morgan fingerprint density at radius 2 is 2.22 bits per heavy atom. The van der Waals surface area contributed by atoms with E-state index in [-0.39, 0.29) is 5.91 Å². The Morgan fingerprint density at radius 1 is 1.50 bits per heavy atom. The molecule has 1 amide bonds. The van der Waals surface area contributed by atoms with E-state index in [1.54, 1.807) is 12.5 Å². The highest BCUT2D eigenvalue weighted by atomic mass is 16.2. The molecule has 100 valence electrons. The minimum atomic E-state index is -0.0645. The molecule has 0 atom stereocenters. The first kappa shape index (κ1) is 13.1. The third kappa shape index (κ3) is 3.32. The Balaban J connectivity index is 1.86. The maximum absolute atomic E-state index is 12.0. The smallest absolute Gasteiger partial charge is 0.271 e. The number of nitrogens with two attached hydrogens (primary N) is 1. The molecular formula is C13H22N4O. The van der Waals surface area contributed by atoms with E-state index >= 15 is 0 Å². The van der Waals surface area contributed by atoms with Crippen LogP contribution in [0.5, 0.6) is 0 Å². The second-order valence-electron chi connectivity index (χ2n) is 5.22. The lowest BCUT2D eigenvalue weighted by molar-refractivity contribution is 0.0918. The van der Waals surface area contributed by atoms with Crippen LogP contribution in [0.1, 0.15) is 43.1 Å². The predicted octanol–water partition coefficient (Wildman–Crippen LogP) is 1.15. The molecule has 1 aliphatic carbocycles. The van der Waals surface area contributed by atoms with Crippen molar-refractivity contribution in [3.8, 4) is 0 Å². The van der Waals surface area contributed by atoms with E-state index in [1.165, 1.54) is 12.8 Å². The number of carbonyl (C=O) groups is 1. The van der Waals surface area contributed by atoms with Crippen molar-refractivity contribution in [1.82, 2.24) is 14.9 Å². The van der Waals surface area contributed by atoms with Gasteiger partial charge < -0.3 is 15.6 Å². The van der Waals surface area contributed by atoms with Crippen LogP contribution in [-0.4, -0.2) is 28.0 Å². The first-order valence-electron chi connectivity index (χ1n) is 6.71. The van der Waals surface area contributed by atoms with E-state index in [0.29, 0.717) is 24.8 Å². The van der Waals surface area contributed by atoms with Gasteiger partial charge in [-0.15, -0.1) is 0 Å². The molecule has 1 aromatic rings. The van der Waals surface area contributed by atoms with Crippen LogP contribution in [0.2, 0.25) is 0 Å². The first-order chi connectivity index (χ1) is 8.69. The van der Waals surface area contributed by atoms with E-state index < -0.39 is 0 Å². The molecule has 0 unspecified atom stereocenters. The number of nitrogens with zero attached hydrogens (tertiary/aromatic N) is 2. The summed E-state index contributed by atoms with van der Waals surface area (Å²) in [4.78, 5) is 16.1. The Kier molecular flexibility index (Phi) is 4.36. The van der Waals surface area contributed by atoms with Crippen molar-refractivity contribution in [3.63, 3.8) is 0 Å². The summed E-state index contributed by atoms with van der Waals surface area (Å²) in [6.07, 6.45) is 7.98. The third-order valence-corrected chi connectivity index (χ3v) is 3.60. The van der Waals surface area contributed by atoms with Gasteiger partial charge in [-0.1, -0.05) is 6.92 Å². The SMILES string of the molecule is CC1CCC(NC(=O)c2cn(CCN)cn2)CC1. The summed E-state index contributed by atoms with van der Waals surface area (Å²) in [5.74, 6) is 0.729. The second kappa shape index (κ2) is 6.00. The lowest BCUT2D eigenvalue weighted by Crippen LogP contribution is -2.37. The first-order valence-corrected chi connectivity index (χ1v) is 6.71. The van der Waals surface area contributed by atoms with Gasteiger partial charge in [-0.2, -0.15) is 0 Å². The van der Waals surface area contributed by atoms with Gasteiger partial charge in [-0.05, 0) is 31.6 Å². The molecular weight excluding hydrogens is 228 g/mol. The van der Waals surface area contributed by atoms with Gasteiger partial charge in [0.05, 0.1) is 6.33 Å². The summed E-state index contributed by atoms with van der Waals surface area (Å²) in [6, 6.07) is 0.313. The van der Waals surface area contributed by atoms with E-state index in [0.717, 1.165) is 18.8 Å². The van der Waals surface area contributed by atoms with Crippen LogP contribution in [0.3, 0.4) is 0 Å². The number of carbonyl (C=O) groups excluding carboxylic acids is 1. The lowest BCUT2D eigenvalue weighted by Gasteiger charge is -2.26. The zero-order valence-electron chi connectivity index (χ0n) is 10.9. The van der Waals surface area contributed by atoms with E-state index in [4.69, 9.17) is 5.73 Å². The van der Waals surface area contributed by atoms with Crippen molar-refractivity contribution in [2.45, 2.75) is 45.2 Å². The van der Waals surface area contributed by atoms with Crippen LogP contribution in [-0.2, 0) is 6.54 Å². The van der Waals surface area contributed by atoms with Gasteiger partial charge in [-0.25, -0.2) is 4.98 Å². The fourth-order valence-corrected chi connectivity index (χ4v) is 2.41. The summed E-state index contributed by atoms with van der Waals surface area (Å²) in [7, 11) is 0. The third-order valence-electron chi connectivity index (χ3n) is 3.60. The highest BCUT2D eigenvalue weighted by Gasteiger charge is 2.21. The van der Waals surface area contributed by atoms with Crippen LogP contribution >= 0.6 is 0 Å². The van der Waals surface area contributed by atoms with Crippen LogP contribution in [0.4, 0.5) is 0 Å². The number of amides is 1. The number of rotatable bonds is 4. The molecule has 5 heteroatoms. The van der Waals surface area contributed by atoms with Gasteiger partial charge >= 0.3 is 0 Å². The molecule has 0 radical (unpaired) electrons. The van der Waals surface area contributed by atoms with Gasteiger partial charge in [0.15, 0.2) is 0 Å². The van der Waals surface area contributed by atoms with Crippen molar-refractivity contribution in [1.29, 1.82) is 0 Å². The number of aromatic nitrogens is 2. The van der Waals surface area contributed by atoms with Crippen molar-refractivity contribution < 1.29 is 4.79 Å². The second-order valence-corrected chi connectivity index (χ2v) is 5.22. The van der Waals surface area contributed by atoms with E-state index in [9.17, 15) is 4.79 Å². The van der Waals surface area contributed by atoms with Crippen molar-refractivity contribution in [3.05, 3.63) is 18.2 Å². The lowest BCUT2D eigenvalue weighted by atomic mass is 9.87. The molecule has 3 N–H and O–H groups in total. The van der Waals surface area contributed by atoms with Gasteiger partial charge in [0, 0.05) is 25.3 Å². The Morgan fingerprint density at radius 3 is 2.89 bits per heavy atom. The fraction of sp³-hybridized carbons (Fsp3) is 0.692. The highest BCUT2D eigenvalue weighted by molar-refractivity contribution is 5.92. The zero-order chi connectivity index (χ0) is 13.0. The molecule has 0 saturated heterocycles. The largest absolute Gasteiger partial charge is 0.348 e. The Hall–Kier alpha value is -1.36. The molecule has 1 heterocycles. The summed E-state index contributed by atoms with van der Waals surface area (Å²) < 4.78 is 1.85. The molecule has 0 bridgehead atoms. The van der Waals surface area contributed by atoms with Crippen molar-refractivity contribution in [2.75, 3.05) is 6.54 Å². The van der Waals surface area contributed by atoms with Crippen molar-refractivity contribution in [2.24, 2.45) is 11.7 Å². The van der Waals surface area contributed by atoms with Gasteiger partial charge in [0.1, 0.15) is 5.69 Å². The molecule has 5 nitrogen and oxygen atoms in total. The predicted molar refractivity (Wildman–Crippen MR) is 70.2 cm³/mol. The van der Waals surface area contributed by atoms with Crippen LogP contribution in [0.25, 0.3) is 0 Å². The normalized spacial score (nSPS) is 23.9. The molecule has 0 aliphatic heterocycles. The quantitative estimate of drug-likeness (QED) is 0.842.